The molecule has 1 aromatic rings. The zero-order chi connectivity index (χ0) is 14.1. The number of carbonyl (C=O) groups excluding carboxylic acids is 1. The summed E-state index contributed by atoms with van der Waals surface area (Å²) in [5.41, 5.74) is 3.71. The van der Waals surface area contributed by atoms with E-state index in [1.807, 2.05) is 6.07 Å². The van der Waals surface area contributed by atoms with Crippen LogP contribution in [0.3, 0.4) is 0 Å². The highest BCUT2D eigenvalue weighted by Gasteiger charge is 2.11. The minimum Gasteiger partial charge on any atom is -0.295 e. The van der Waals surface area contributed by atoms with Crippen molar-refractivity contribution in [3.05, 3.63) is 47.0 Å². The van der Waals surface area contributed by atoms with Crippen molar-refractivity contribution in [3.63, 3.8) is 0 Å². The molecule has 0 aromatic heterocycles. The Hall–Kier alpha value is -1.37. The van der Waals surface area contributed by atoms with Crippen LogP contribution in [0.15, 0.2) is 41.5 Å². The molecule has 1 rings (SSSR count). The second-order valence-electron chi connectivity index (χ2n) is 5.17. The van der Waals surface area contributed by atoms with Crippen molar-refractivity contribution in [1.29, 1.82) is 0 Å². The summed E-state index contributed by atoms with van der Waals surface area (Å²) in [6, 6.07) is 10.5. The molecule has 0 heterocycles. The molecule has 0 amide bonds. The summed E-state index contributed by atoms with van der Waals surface area (Å²) in [4.78, 5) is 12.1. The lowest BCUT2D eigenvalue weighted by molar-refractivity contribution is -0.115. The fraction of sp³-hybridized carbons (Fsp3) is 0.500. The van der Waals surface area contributed by atoms with Crippen LogP contribution in [-0.2, 0) is 11.2 Å². The maximum absolute atomic E-state index is 12.1. The molecular formula is C18H26O. The summed E-state index contributed by atoms with van der Waals surface area (Å²) < 4.78 is 0. The first-order chi connectivity index (χ1) is 9.19. The van der Waals surface area contributed by atoms with Gasteiger partial charge in [0.1, 0.15) is 0 Å². The van der Waals surface area contributed by atoms with Crippen LogP contribution < -0.4 is 0 Å². The number of ketones is 1. The van der Waals surface area contributed by atoms with Gasteiger partial charge in [0.25, 0.3) is 0 Å². The lowest BCUT2D eigenvalue weighted by Crippen LogP contribution is -2.05. The number of rotatable bonds is 8. The number of Topliss-reactive ketones (excluding diaryl/α,β-unsaturated/α-hetero) is 1. The van der Waals surface area contributed by atoms with Crippen molar-refractivity contribution in [1.82, 2.24) is 0 Å². The van der Waals surface area contributed by atoms with E-state index in [0.29, 0.717) is 12.2 Å². The number of allylic oxidation sites excluding steroid dienone is 2. The largest absolute Gasteiger partial charge is 0.295 e. The van der Waals surface area contributed by atoms with Gasteiger partial charge in [-0.2, -0.15) is 0 Å². The molecule has 0 N–H and O–H groups in total. The van der Waals surface area contributed by atoms with E-state index in [4.69, 9.17) is 0 Å². The molecule has 1 aromatic carbocycles. The van der Waals surface area contributed by atoms with Gasteiger partial charge in [-0.05, 0) is 43.7 Å². The van der Waals surface area contributed by atoms with Crippen molar-refractivity contribution in [2.75, 3.05) is 0 Å². The average molecular weight is 258 g/mol. The molecule has 0 unspecified atom stereocenters. The Morgan fingerprint density at radius 2 is 1.58 bits per heavy atom. The summed E-state index contributed by atoms with van der Waals surface area (Å²) in [5, 5.41) is 0. The monoisotopic (exact) mass is 258 g/mol. The van der Waals surface area contributed by atoms with Crippen molar-refractivity contribution >= 4 is 5.78 Å². The highest BCUT2D eigenvalue weighted by Crippen LogP contribution is 2.19. The van der Waals surface area contributed by atoms with E-state index in [9.17, 15) is 4.79 Å². The first-order valence-electron chi connectivity index (χ1n) is 7.44. The van der Waals surface area contributed by atoms with Crippen molar-refractivity contribution < 1.29 is 4.79 Å². The van der Waals surface area contributed by atoms with Gasteiger partial charge in [-0.25, -0.2) is 0 Å². The normalized spacial score (nSPS) is 12.2. The summed E-state index contributed by atoms with van der Waals surface area (Å²) in [6.07, 6.45) is 5.64. The van der Waals surface area contributed by atoms with E-state index in [2.05, 4.69) is 45.0 Å². The van der Waals surface area contributed by atoms with Crippen LogP contribution in [0, 0.1) is 0 Å². The summed E-state index contributed by atoms with van der Waals surface area (Å²) in [5.74, 6) is 0.356. The molecule has 104 valence electrons. The maximum atomic E-state index is 12.1. The Morgan fingerprint density at radius 3 is 2.16 bits per heavy atom. The highest BCUT2D eigenvalue weighted by atomic mass is 16.1. The molecule has 0 aliphatic carbocycles. The summed E-state index contributed by atoms with van der Waals surface area (Å²) in [6.45, 7) is 6.34. The SMILES string of the molecule is CCCC(=O)/C(CCC)=C(\C)CCc1ccccc1. The van der Waals surface area contributed by atoms with Gasteiger partial charge in [0.15, 0.2) is 5.78 Å². The van der Waals surface area contributed by atoms with Gasteiger partial charge < -0.3 is 0 Å². The van der Waals surface area contributed by atoms with Crippen LogP contribution >= 0.6 is 0 Å². The zero-order valence-corrected chi connectivity index (χ0v) is 12.5. The van der Waals surface area contributed by atoms with Gasteiger partial charge in [-0.15, -0.1) is 0 Å². The quantitative estimate of drug-likeness (QED) is 0.592. The van der Waals surface area contributed by atoms with Gasteiger partial charge in [0.05, 0.1) is 0 Å². The van der Waals surface area contributed by atoms with E-state index >= 15 is 0 Å². The van der Waals surface area contributed by atoms with Crippen molar-refractivity contribution in [2.45, 2.75) is 59.3 Å². The first-order valence-corrected chi connectivity index (χ1v) is 7.44. The fourth-order valence-corrected chi connectivity index (χ4v) is 2.35. The minimum atomic E-state index is 0.356. The third kappa shape index (κ3) is 5.42. The molecule has 0 saturated heterocycles. The van der Waals surface area contributed by atoms with E-state index in [1.54, 1.807) is 0 Å². The number of hydrogen-bond donors (Lipinski definition) is 0. The second-order valence-corrected chi connectivity index (χ2v) is 5.17. The highest BCUT2D eigenvalue weighted by molar-refractivity contribution is 5.95. The lowest BCUT2D eigenvalue weighted by Gasteiger charge is -2.11. The average Bonchev–Trinajstić information content (AvgIpc) is 2.43. The summed E-state index contributed by atoms with van der Waals surface area (Å²) >= 11 is 0. The molecule has 0 aliphatic heterocycles. The van der Waals surface area contributed by atoms with Gasteiger partial charge in [0.2, 0.25) is 0 Å². The molecule has 0 spiro atoms. The Balaban J connectivity index is 2.70. The van der Waals surface area contributed by atoms with Crippen LogP contribution in [0.4, 0.5) is 0 Å². The third-order valence-electron chi connectivity index (χ3n) is 3.46. The number of carbonyl (C=O) groups is 1. The molecule has 0 saturated carbocycles. The van der Waals surface area contributed by atoms with Gasteiger partial charge in [-0.1, -0.05) is 56.2 Å². The molecule has 0 radical (unpaired) electrons. The Kier molecular flexibility index (Phi) is 7.17. The molecule has 0 fully saturated rings. The van der Waals surface area contributed by atoms with Gasteiger partial charge >= 0.3 is 0 Å². The van der Waals surface area contributed by atoms with Crippen LogP contribution in [0.1, 0.15) is 58.4 Å². The predicted molar refractivity (Wildman–Crippen MR) is 82.3 cm³/mol. The number of hydrogen-bond acceptors (Lipinski definition) is 1. The zero-order valence-electron chi connectivity index (χ0n) is 12.5. The van der Waals surface area contributed by atoms with Crippen LogP contribution in [0.5, 0.6) is 0 Å². The molecule has 19 heavy (non-hydrogen) atoms. The fourth-order valence-electron chi connectivity index (χ4n) is 2.35. The first kappa shape index (κ1) is 15.7. The van der Waals surface area contributed by atoms with E-state index in [0.717, 1.165) is 37.7 Å². The van der Waals surface area contributed by atoms with Crippen LogP contribution in [-0.4, -0.2) is 5.78 Å². The Morgan fingerprint density at radius 1 is 0.947 bits per heavy atom. The molecule has 0 atom stereocenters. The third-order valence-corrected chi connectivity index (χ3v) is 3.46. The van der Waals surface area contributed by atoms with Gasteiger partial charge in [-0.3, -0.25) is 4.79 Å². The molecule has 0 aliphatic rings. The minimum absolute atomic E-state index is 0.356. The van der Waals surface area contributed by atoms with Crippen molar-refractivity contribution in [3.8, 4) is 0 Å². The van der Waals surface area contributed by atoms with Gasteiger partial charge in [0, 0.05) is 6.42 Å². The number of benzene rings is 1. The Bertz CT molecular complexity index is 415. The smallest absolute Gasteiger partial charge is 0.158 e. The molecule has 1 heteroatoms. The summed E-state index contributed by atoms with van der Waals surface area (Å²) in [7, 11) is 0. The predicted octanol–water partition coefficient (Wildman–Crippen LogP) is 5.11. The van der Waals surface area contributed by atoms with E-state index in [1.165, 1.54) is 11.1 Å². The molecule has 0 bridgehead atoms. The number of aryl methyl sites for hydroxylation is 1. The standard InChI is InChI=1S/C18H26O/c1-4-9-17(18(19)10-5-2)15(3)13-14-16-11-7-6-8-12-16/h6-8,11-12H,4-5,9-10,13-14H2,1-3H3/b17-15+. The Labute approximate surface area is 117 Å². The van der Waals surface area contributed by atoms with Crippen LogP contribution in [0.2, 0.25) is 0 Å². The van der Waals surface area contributed by atoms with Crippen LogP contribution in [0.25, 0.3) is 0 Å². The molecular weight excluding hydrogens is 232 g/mol. The molecule has 1 nitrogen and oxygen atoms in total. The maximum Gasteiger partial charge on any atom is 0.158 e. The van der Waals surface area contributed by atoms with Crippen molar-refractivity contribution in [2.24, 2.45) is 0 Å². The second kappa shape index (κ2) is 8.68. The topological polar surface area (TPSA) is 17.1 Å². The lowest BCUT2D eigenvalue weighted by atomic mass is 9.94. The van der Waals surface area contributed by atoms with E-state index in [-0.39, 0.29) is 0 Å². The van der Waals surface area contributed by atoms with E-state index < -0.39 is 0 Å².